The van der Waals surface area contributed by atoms with Gasteiger partial charge in [-0.2, -0.15) is 5.10 Å². The van der Waals surface area contributed by atoms with Crippen LogP contribution < -0.4 is 0 Å². The summed E-state index contributed by atoms with van der Waals surface area (Å²) in [6.07, 6.45) is 7.85. The number of rotatable bonds is 3. The first kappa shape index (κ1) is 14.8. The van der Waals surface area contributed by atoms with E-state index in [4.69, 9.17) is 0 Å². The van der Waals surface area contributed by atoms with Gasteiger partial charge in [0.05, 0.1) is 11.9 Å². The second kappa shape index (κ2) is 5.94. The monoisotopic (exact) mass is 301 g/mol. The molecule has 0 radical (unpaired) electrons. The van der Waals surface area contributed by atoms with Crippen molar-refractivity contribution in [3.05, 3.63) is 35.7 Å². The van der Waals surface area contributed by atoms with Crippen LogP contribution in [0.5, 0.6) is 0 Å². The number of nitrogens with zero attached hydrogens (tertiary/aromatic N) is 5. The Hall–Kier alpha value is -2.11. The first-order valence-electron chi connectivity index (χ1n) is 7.79. The molecule has 0 aromatic carbocycles. The highest BCUT2D eigenvalue weighted by molar-refractivity contribution is 5.76. The zero-order chi connectivity index (χ0) is 15.7. The zero-order valence-corrected chi connectivity index (χ0v) is 13.5. The fraction of sp³-hybridized carbons (Fsp3) is 0.562. The molecule has 6 nitrogen and oxygen atoms in total. The number of amides is 1. The van der Waals surface area contributed by atoms with Crippen LogP contribution in [0.3, 0.4) is 0 Å². The van der Waals surface area contributed by atoms with Gasteiger partial charge in [-0.25, -0.2) is 4.98 Å². The van der Waals surface area contributed by atoms with Crippen LogP contribution in [-0.4, -0.2) is 43.2 Å². The Kier molecular flexibility index (Phi) is 4.00. The minimum absolute atomic E-state index is 0.138. The summed E-state index contributed by atoms with van der Waals surface area (Å²) in [6, 6.07) is 0. The van der Waals surface area contributed by atoms with Gasteiger partial charge in [0, 0.05) is 38.4 Å². The summed E-state index contributed by atoms with van der Waals surface area (Å²) in [6.45, 7) is 5.89. The Bertz CT molecular complexity index is 672. The third-order valence-corrected chi connectivity index (χ3v) is 4.23. The van der Waals surface area contributed by atoms with E-state index >= 15 is 0 Å². The average molecular weight is 301 g/mol. The van der Waals surface area contributed by atoms with Crippen molar-refractivity contribution in [2.45, 2.75) is 39.2 Å². The minimum atomic E-state index is 0.138. The van der Waals surface area contributed by atoms with Crippen LogP contribution >= 0.6 is 0 Å². The molecular weight excluding hydrogens is 278 g/mol. The van der Waals surface area contributed by atoms with Crippen LogP contribution in [-0.2, 0) is 18.4 Å². The van der Waals surface area contributed by atoms with Crippen molar-refractivity contribution < 1.29 is 4.79 Å². The summed E-state index contributed by atoms with van der Waals surface area (Å²) in [4.78, 5) is 19.1. The average Bonchev–Trinajstić information content (AvgIpc) is 3.04. The normalized spacial score (nSPS) is 18.7. The first-order chi connectivity index (χ1) is 10.5. The largest absolute Gasteiger partial charge is 0.340 e. The van der Waals surface area contributed by atoms with E-state index < -0.39 is 0 Å². The molecule has 6 heteroatoms. The molecule has 0 saturated carbocycles. The molecule has 1 aliphatic rings. The van der Waals surface area contributed by atoms with E-state index in [9.17, 15) is 4.79 Å². The van der Waals surface area contributed by atoms with Gasteiger partial charge in [-0.05, 0) is 32.3 Å². The van der Waals surface area contributed by atoms with Crippen LogP contribution in [0.1, 0.15) is 35.8 Å². The maximum atomic E-state index is 12.5. The molecule has 0 spiro atoms. The molecular formula is C16H23N5O. The van der Waals surface area contributed by atoms with E-state index in [2.05, 4.69) is 14.6 Å². The van der Waals surface area contributed by atoms with E-state index in [1.165, 1.54) is 0 Å². The van der Waals surface area contributed by atoms with Crippen molar-refractivity contribution in [1.29, 1.82) is 0 Å². The lowest BCUT2D eigenvalue weighted by molar-refractivity contribution is -0.133. The third kappa shape index (κ3) is 3.05. The first-order valence-corrected chi connectivity index (χ1v) is 7.79. The van der Waals surface area contributed by atoms with E-state index in [1.54, 1.807) is 10.9 Å². The van der Waals surface area contributed by atoms with Gasteiger partial charge in [0.15, 0.2) is 0 Å². The summed E-state index contributed by atoms with van der Waals surface area (Å²) in [7, 11) is 2.03. The van der Waals surface area contributed by atoms with E-state index in [0.29, 0.717) is 12.5 Å². The van der Waals surface area contributed by atoms with E-state index in [0.717, 1.165) is 43.0 Å². The second-order valence-corrected chi connectivity index (χ2v) is 6.25. The van der Waals surface area contributed by atoms with Crippen molar-refractivity contribution in [3.8, 4) is 0 Å². The van der Waals surface area contributed by atoms with Crippen molar-refractivity contribution in [2.75, 3.05) is 13.1 Å². The number of likely N-dealkylation sites (tertiary alicyclic amines) is 1. The standard InChI is InChI=1S/C16H23N5O/c1-12-7-17-21(8-12)11-15(22)20-6-4-5-14(10-20)16-18-13(2)9-19(16)3/h7-9,14H,4-6,10-11H2,1-3H3. The summed E-state index contributed by atoms with van der Waals surface area (Å²) in [5.41, 5.74) is 2.11. The highest BCUT2D eigenvalue weighted by Gasteiger charge is 2.27. The van der Waals surface area contributed by atoms with Gasteiger partial charge in [-0.1, -0.05) is 0 Å². The van der Waals surface area contributed by atoms with Crippen LogP contribution in [0.15, 0.2) is 18.6 Å². The molecule has 0 aliphatic carbocycles. The number of aryl methyl sites for hydroxylation is 3. The summed E-state index contributed by atoms with van der Waals surface area (Å²) in [5, 5.41) is 4.20. The SMILES string of the molecule is Cc1cnn(CC(=O)N2CCCC(c3nc(C)cn3C)C2)c1. The molecule has 0 bridgehead atoms. The molecule has 1 atom stereocenters. The summed E-state index contributed by atoms with van der Waals surface area (Å²) < 4.78 is 3.80. The molecule has 1 unspecified atom stereocenters. The van der Waals surface area contributed by atoms with Crippen LogP contribution in [0.4, 0.5) is 0 Å². The second-order valence-electron chi connectivity index (χ2n) is 6.25. The van der Waals surface area contributed by atoms with Gasteiger partial charge in [0.1, 0.15) is 12.4 Å². The highest BCUT2D eigenvalue weighted by Crippen LogP contribution is 2.26. The van der Waals surface area contributed by atoms with Gasteiger partial charge < -0.3 is 9.47 Å². The molecule has 1 aliphatic heterocycles. The zero-order valence-electron chi connectivity index (χ0n) is 13.5. The maximum Gasteiger partial charge on any atom is 0.244 e. The van der Waals surface area contributed by atoms with Crippen molar-refractivity contribution in [1.82, 2.24) is 24.2 Å². The molecule has 118 valence electrons. The number of carbonyl (C=O) groups is 1. The highest BCUT2D eigenvalue weighted by atomic mass is 16.2. The van der Waals surface area contributed by atoms with E-state index in [1.807, 2.05) is 38.2 Å². The number of imidazole rings is 1. The Balaban J connectivity index is 1.67. The molecule has 2 aromatic rings. The van der Waals surface area contributed by atoms with Gasteiger partial charge >= 0.3 is 0 Å². The molecule has 2 aromatic heterocycles. The van der Waals surface area contributed by atoms with Crippen molar-refractivity contribution >= 4 is 5.91 Å². The maximum absolute atomic E-state index is 12.5. The molecule has 3 rings (SSSR count). The molecule has 1 fully saturated rings. The number of hydrogen-bond donors (Lipinski definition) is 0. The Morgan fingerprint density at radius 2 is 2.18 bits per heavy atom. The van der Waals surface area contributed by atoms with Gasteiger partial charge in [-0.3, -0.25) is 9.48 Å². The Morgan fingerprint density at radius 1 is 1.36 bits per heavy atom. The summed E-state index contributed by atoms with van der Waals surface area (Å²) >= 11 is 0. The van der Waals surface area contributed by atoms with Crippen molar-refractivity contribution in [3.63, 3.8) is 0 Å². The number of piperidine rings is 1. The quantitative estimate of drug-likeness (QED) is 0.866. The predicted octanol–water partition coefficient (Wildman–Crippen LogP) is 1.64. The fourth-order valence-corrected chi connectivity index (χ4v) is 3.22. The molecule has 1 saturated heterocycles. The molecule has 3 heterocycles. The third-order valence-electron chi connectivity index (χ3n) is 4.23. The van der Waals surface area contributed by atoms with Crippen LogP contribution in [0, 0.1) is 13.8 Å². The Morgan fingerprint density at radius 3 is 2.82 bits per heavy atom. The van der Waals surface area contributed by atoms with E-state index in [-0.39, 0.29) is 5.91 Å². The fourth-order valence-electron chi connectivity index (χ4n) is 3.22. The topological polar surface area (TPSA) is 56.0 Å². The van der Waals surface area contributed by atoms with Gasteiger partial charge in [0.25, 0.3) is 0 Å². The summed E-state index contributed by atoms with van der Waals surface area (Å²) in [5.74, 6) is 1.56. The Labute approximate surface area is 130 Å². The van der Waals surface area contributed by atoms with Crippen molar-refractivity contribution in [2.24, 2.45) is 7.05 Å². The van der Waals surface area contributed by atoms with Crippen LogP contribution in [0.2, 0.25) is 0 Å². The van der Waals surface area contributed by atoms with Gasteiger partial charge in [-0.15, -0.1) is 0 Å². The lowest BCUT2D eigenvalue weighted by Crippen LogP contribution is -2.41. The number of hydrogen-bond acceptors (Lipinski definition) is 3. The lowest BCUT2D eigenvalue weighted by Gasteiger charge is -2.32. The smallest absolute Gasteiger partial charge is 0.244 e. The predicted molar refractivity (Wildman–Crippen MR) is 83.5 cm³/mol. The lowest BCUT2D eigenvalue weighted by atomic mass is 9.97. The number of carbonyl (C=O) groups excluding carboxylic acids is 1. The molecule has 1 amide bonds. The van der Waals surface area contributed by atoms with Crippen LogP contribution in [0.25, 0.3) is 0 Å². The molecule has 0 N–H and O–H groups in total. The minimum Gasteiger partial charge on any atom is -0.340 e. The van der Waals surface area contributed by atoms with Gasteiger partial charge in [0.2, 0.25) is 5.91 Å². The molecule has 22 heavy (non-hydrogen) atoms. The number of aromatic nitrogens is 4.